The third kappa shape index (κ3) is 2.63. The molecule has 1 aliphatic heterocycles. The topological polar surface area (TPSA) is 62.4 Å². The van der Waals surface area contributed by atoms with E-state index >= 15 is 0 Å². The molecule has 0 unspecified atom stereocenters. The SMILES string of the molecule is O=C(c1ccc(C2CCCC2)[nH]c1=O)N1CCOCC1. The number of carbonyl (C=O) groups is 1. The quantitative estimate of drug-likeness (QED) is 0.890. The van der Waals surface area contributed by atoms with Gasteiger partial charge in [0.15, 0.2) is 0 Å². The fourth-order valence-corrected chi connectivity index (χ4v) is 3.07. The lowest BCUT2D eigenvalue weighted by Gasteiger charge is -2.26. The number of rotatable bonds is 2. The normalized spacial score (nSPS) is 20.3. The van der Waals surface area contributed by atoms with Crippen LogP contribution in [-0.2, 0) is 4.74 Å². The van der Waals surface area contributed by atoms with Gasteiger partial charge in [-0.3, -0.25) is 9.59 Å². The molecular formula is C15H20N2O3. The Balaban J connectivity index is 1.79. The van der Waals surface area contributed by atoms with Gasteiger partial charge in [0.05, 0.1) is 13.2 Å². The van der Waals surface area contributed by atoms with Crippen molar-refractivity contribution in [1.29, 1.82) is 0 Å². The zero-order chi connectivity index (χ0) is 13.9. The van der Waals surface area contributed by atoms with Gasteiger partial charge in [-0.25, -0.2) is 0 Å². The van der Waals surface area contributed by atoms with Crippen LogP contribution in [0.2, 0.25) is 0 Å². The van der Waals surface area contributed by atoms with Gasteiger partial charge < -0.3 is 14.6 Å². The monoisotopic (exact) mass is 276 g/mol. The number of aromatic nitrogens is 1. The Morgan fingerprint density at radius 2 is 1.90 bits per heavy atom. The Bertz CT molecular complexity index is 540. The van der Waals surface area contributed by atoms with Crippen LogP contribution in [0.1, 0.15) is 47.7 Å². The van der Waals surface area contributed by atoms with E-state index in [0.717, 1.165) is 18.5 Å². The summed E-state index contributed by atoms with van der Waals surface area (Å²) in [5.74, 6) is 0.266. The van der Waals surface area contributed by atoms with Crippen LogP contribution in [0.15, 0.2) is 16.9 Å². The van der Waals surface area contributed by atoms with E-state index in [2.05, 4.69) is 4.98 Å². The average Bonchev–Trinajstić information content (AvgIpc) is 3.01. The highest BCUT2D eigenvalue weighted by Gasteiger charge is 2.23. The van der Waals surface area contributed by atoms with E-state index < -0.39 is 0 Å². The summed E-state index contributed by atoms with van der Waals surface area (Å²) in [6, 6.07) is 3.59. The van der Waals surface area contributed by atoms with Crippen molar-refractivity contribution in [2.24, 2.45) is 0 Å². The molecule has 2 aliphatic rings. The number of hydrogen-bond donors (Lipinski definition) is 1. The van der Waals surface area contributed by atoms with Gasteiger partial charge in [0.1, 0.15) is 5.56 Å². The summed E-state index contributed by atoms with van der Waals surface area (Å²) in [7, 11) is 0. The molecule has 1 aliphatic carbocycles. The lowest BCUT2D eigenvalue weighted by Crippen LogP contribution is -2.42. The number of pyridine rings is 1. The van der Waals surface area contributed by atoms with Crippen molar-refractivity contribution in [2.75, 3.05) is 26.3 Å². The van der Waals surface area contributed by atoms with Crippen molar-refractivity contribution in [2.45, 2.75) is 31.6 Å². The van der Waals surface area contributed by atoms with Gasteiger partial charge in [-0.05, 0) is 30.9 Å². The minimum atomic E-state index is -0.258. The number of ether oxygens (including phenoxy) is 1. The standard InChI is InChI=1S/C15H20N2O3/c18-14-12(15(19)17-7-9-20-10-8-17)5-6-13(16-14)11-3-1-2-4-11/h5-6,11H,1-4,7-10H2,(H,16,18). The van der Waals surface area contributed by atoms with Gasteiger partial charge >= 0.3 is 0 Å². The summed E-state index contributed by atoms with van der Waals surface area (Å²) in [6.45, 7) is 2.21. The lowest BCUT2D eigenvalue weighted by atomic mass is 10.0. The van der Waals surface area contributed by atoms with Gasteiger partial charge in [0.25, 0.3) is 11.5 Å². The molecule has 1 aromatic heterocycles. The second-order valence-electron chi connectivity index (χ2n) is 5.54. The molecule has 3 rings (SSSR count). The molecule has 0 radical (unpaired) electrons. The fraction of sp³-hybridized carbons (Fsp3) is 0.600. The van der Waals surface area contributed by atoms with Crippen LogP contribution in [0.25, 0.3) is 0 Å². The zero-order valence-electron chi connectivity index (χ0n) is 11.6. The summed E-state index contributed by atoms with van der Waals surface area (Å²) in [5.41, 5.74) is 0.963. The molecule has 1 saturated carbocycles. The maximum Gasteiger partial charge on any atom is 0.261 e. The summed E-state index contributed by atoms with van der Waals surface area (Å²) in [5, 5.41) is 0. The number of H-pyrrole nitrogens is 1. The third-order valence-corrected chi connectivity index (χ3v) is 4.26. The summed E-state index contributed by atoms with van der Waals surface area (Å²) in [6.07, 6.45) is 4.71. The zero-order valence-corrected chi connectivity index (χ0v) is 11.6. The van der Waals surface area contributed by atoms with E-state index in [1.54, 1.807) is 11.0 Å². The number of nitrogens with one attached hydrogen (secondary N) is 1. The first-order valence-electron chi connectivity index (χ1n) is 7.36. The van der Waals surface area contributed by atoms with Crippen molar-refractivity contribution >= 4 is 5.91 Å². The van der Waals surface area contributed by atoms with E-state index in [0.29, 0.717) is 32.2 Å². The first-order valence-corrected chi connectivity index (χ1v) is 7.36. The minimum Gasteiger partial charge on any atom is -0.378 e. The van der Waals surface area contributed by atoms with Crippen LogP contribution in [-0.4, -0.2) is 42.1 Å². The van der Waals surface area contributed by atoms with Crippen molar-refractivity contribution in [3.8, 4) is 0 Å². The molecule has 5 nitrogen and oxygen atoms in total. The van der Waals surface area contributed by atoms with Crippen LogP contribution < -0.4 is 5.56 Å². The highest BCUT2D eigenvalue weighted by molar-refractivity contribution is 5.93. The molecule has 0 spiro atoms. The molecule has 0 atom stereocenters. The molecule has 1 amide bonds. The van der Waals surface area contributed by atoms with Crippen LogP contribution >= 0.6 is 0 Å². The summed E-state index contributed by atoms with van der Waals surface area (Å²) < 4.78 is 5.22. The lowest BCUT2D eigenvalue weighted by molar-refractivity contribution is 0.0301. The predicted octanol–water partition coefficient (Wildman–Crippen LogP) is 1.50. The number of hydrogen-bond acceptors (Lipinski definition) is 3. The fourth-order valence-electron chi connectivity index (χ4n) is 3.07. The second-order valence-corrected chi connectivity index (χ2v) is 5.54. The van der Waals surface area contributed by atoms with Crippen LogP contribution in [0.4, 0.5) is 0 Å². The number of aromatic amines is 1. The Kier molecular flexibility index (Phi) is 3.87. The van der Waals surface area contributed by atoms with E-state index in [4.69, 9.17) is 4.74 Å². The summed E-state index contributed by atoms with van der Waals surface area (Å²) >= 11 is 0. The van der Waals surface area contributed by atoms with Gasteiger partial charge in [-0.15, -0.1) is 0 Å². The largest absolute Gasteiger partial charge is 0.378 e. The number of nitrogens with zero attached hydrogens (tertiary/aromatic N) is 1. The molecule has 2 heterocycles. The predicted molar refractivity (Wildman–Crippen MR) is 75.0 cm³/mol. The van der Waals surface area contributed by atoms with Gasteiger partial charge in [-0.1, -0.05) is 12.8 Å². The Labute approximate surface area is 117 Å². The molecule has 1 N–H and O–H groups in total. The van der Waals surface area contributed by atoms with Crippen LogP contribution in [0.3, 0.4) is 0 Å². The molecule has 1 saturated heterocycles. The highest BCUT2D eigenvalue weighted by Crippen LogP contribution is 2.32. The second kappa shape index (κ2) is 5.79. The van der Waals surface area contributed by atoms with Crippen molar-refractivity contribution in [1.82, 2.24) is 9.88 Å². The first-order chi connectivity index (χ1) is 9.75. The smallest absolute Gasteiger partial charge is 0.261 e. The van der Waals surface area contributed by atoms with E-state index in [1.165, 1.54) is 12.8 Å². The van der Waals surface area contributed by atoms with E-state index in [9.17, 15) is 9.59 Å². The van der Waals surface area contributed by atoms with E-state index in [1.807, 2.05) is 6.07 Å². The average molecular weight is 276 g/mol. The minimum absolute atomic E-state index is 0.187. The van der Waals surface area contributed by atoms with E-state index in [-0.39, 0.29) is 17.0 Å². The molecule has 20 heavy (non-hydrogen) atoms. The van der Waals surface area contributed by atoms with Gasteiger partial charge in [-0.2, -0.15) is 0 Å². The van der Waals surface area contributed by atoms with Gasteiger partial charge in [0.2, 0.25) is 0 Å². The number of carbonyl (C=O) groups excluding carboxylic acids is 1. The molecule has 0 aromatic carbocycles. The maximum atomic E-state index is 12.3. The van der Waals surface area contributed by atoms with Gasteiger partial charge in [0, 0.05) is 18.8 Å². The third-order valence-electron chi connectivity index (χ3n) is 4.26. The molecule has 108 valence electrons. The molecule has 0 bridgehead atoms. The van der Waals surface area contributed by atoms with Crippen molar-refractivity contribution < 1.29 is 9.53 Å². The molecule has 5 heteroatoms. The van der Waals surface area contributed by atoms with Crippen molar-refractivity contribution in [3.05, 3.63) is 33.7 Å². The Hall–Kier alpha value is -1.62. The number of morpholine rings is 1. The Morgan fingerprint density at radius 3 is 2.55 bits per heavy atom. The number of amides is 1. The van der Waals surface area contributed by atoms with Crippen LogP contribution in [0.5, 0.6) is 0 Å². The molecule has 1 aromatic rings. The Morgan fingerprint density at radius 1 is 1.20 bits per heavy atom. The van der Waals surface area contributed by atoms with Crippen molar-refractivity contribution in [3.63, 3.8) is 0 Å². The van der Waals surface area contributed by atoms with Crippen LogP contribution in [0, 0.1) is 0 Å². The summed E-state index contributed by atoms with van der Waals surface area (Å²) in [4.78, 5) is 29.0. The first kappa shape index (κ1) is 13.4. The highest BCUT2D eigenvalue weighted by atomic mass is 16.5. The molecular weight excluding hydrogens is 256 g/mol. The molecule has 2 fully saturated rings. The maximum absolute atomic E-state index is 12.3.